The summed E-state index contributed by atoms with van der Waals surface area (Å²) in [7, 11) is 0. The minimum atomic E-state index is -0.312. The molecule has 17 heavy (non-hydrogen) atoms. The minimum absolute atomic E-state index is 0.312. The van der Waals surface area contributed by atoms with E-state index in [1.54, 1.807) is 13.8 Å². The van der Waals surface area contributed by atoms with Gasteiger partial charge in [-0.25, -0.2) is 14.8 Å². The average Bonchev–Trinajstić information content (AvgIpc) is 2.17. The van der Waals surface area contributed by atoms with Crippen molar-refractivity contribution in [3.63, 3.8) is 0 Å². The van der Waals surface area contributed by atoms with Gasteiger partial charge in [0.2, 0.25) is 0 Å². The Morgan fingerprint density at radius 1 is 1.24 bits per heavy atom. The van der Waals surface area contributed by atoms with Crippen LogP contribution in [0.25, 0.3) is 0 Å². The third-order valence-electron chi connectivity index (χ3n) is 1.26. The second-order valence-electron chi connectivity index (χ2n) is 4.05. The lowest BCUT2D eigenvalue weighted by atomic mass is 10.4. The Labute approximate surface area is 105 Å². The molecule has 0 spiro atoms. The number of aliphatic imine (C=N–C) groups is 2. The maximum Gasteiger partial charge on any atom is 0.333 e. The van der Waals surface area contributed by atoms with Crippen LogP contribution in [-0.4, -0.2) is 30.7 Å². The van der Waals surface area contributed by atoms with Gasteiger partial charge in [0.1, 0.15) is 0 Å². The van der Waals surface area contributed by atoms with E-state index in [0.29, 0.717) is 24.3 Å². The van der Waals surface area contributed by atoms with Crippen LogP contribution in [-0.2, 0) is 9.53 Å². The van der Waals surface area contributed by atoms with Gasteiger partial charge in [0.05, 0.1) is 24.7 Å². The van der Waals surface area contributed by atoms with E-state index in [2.05, 4.69) is 27.3 Å². The van der Waals surface area contributed by atoms with E-state index >= 15 is 0 Å². The highest BCUT2D eigenvalue weighted by atomic mass is 16.5. The van der Waals surface area contributed by atoms with E-state index in [4.69, 9.17) is 0 Å². The molecule has 0 unspecified atom stereocenters. The van der Waals surface area contributed by atoms with Crippen molar-refractivity contribution in [2.75, 3.05) is 6.61 Å². The van der Waals surface area contributed by atoms with Crippen LogP contribution in [0.15, 0.2) is 22.1 Å². The zero-order valence-corrected chi connectivity index (χ0v) is 11.8. The van der Waals surface area contributed by atoms with Crippen molar-refractivity contribution >= 4 is 12.0 Å². The molecule has 0 amide bonds. The number of nitrogens with zero attached hydrogens (tertiary/aromatic N) is 2. The van der Waals surface area contributed by atoms with Crippen LogP contribution in [0.3, 0.4) is 0 Å². The lowest BCUT2D eigenvalue weighted by Gasteiger charge is -1.96. The topological polar surface area (TPSA) is 51.0 Å². The Kier molecular flexibility index (Phi) is 11.7. The Balaban J connectivity index is 0. The molecule has 0 radical (unpaired) electrons. The van der Waals surface area contributed by atoms with Crippen LogP contribution in [0, 0.1) is 0 Å². The van der Waals surface area contributed by atoms with Crippen molar-refractivity contribution in [1.29, 1.82) is 0 Å². The first-order valence-corrected chi connectivity index (χ1v) is 5.78. The van der Waals surface area contributed by atoms with Crippen LogP contribution in [0.1, 0.15) is 41.5 Å². The molecule has 0 aromatic heterocycles. The molecular weight excluding hydrogens is 216 g/mol. The quantitative estimate of drug-likeness (QED) is 0.430. The molecule has 4 nitrogen and oxygen atoms in total. The van der Waals surface area contributed by atoms with Crippen LogP contribution < -0.4 is 0 Å². The first kappa shape index (κ1) is 18.0. The number of rotatable bonds is 4. The van der Waals surface area contributed by atoms with E-state index in [1.807, 2.05) is 27.7 Å². The Morgan fingerprint density at radius 3 is 1.82 bits per heavy atom. The lowest BCUT2D eigenvalue weighted by molar-refractivity contribution is -0.138. The van der Waals surface area contributed by atoms with Crippen LogP contribution in [0.2, 0.25) is 0 Å². The number of esters is 1. The van der Waals surface area contributed by atoms with Gasteiger partial charge < -0.3 is 4.74 Å². The molecule has 0 fully saturated rings. The summed E-state index contributed by atoms with van der Waals surface area (Å²) in [6, 6.07) is 3.26. The van der Waals surface area contributed by atoms with E-state index in [-0.39, 0.29) is 5.97 Å². The van der Waals surface area contributed by atoms with Gasteiger partial charge in [-0.1, -0.05) is 6.58 Å². The predicted octanol–water partition coefficient (Wildman–Crippen LogP) is 3.10. The first-order chi connectivity index (χ1) is 7.81. The molecule has 0 aliphatic heterocycles. The van der Waals surface area contributed by atoms with E-state index in [1.165, 1.54) is 0 Å². The van der Waals surface area contributed by atoms with Crippen molar-refractivity contribution in [1.82, 2.24) is 0 Å². The Bertz CT molecular complexity index is 276. The number of hydrogen-bond acceptors (Lipinski definition) is 4. The van der Waals surface area contributed by atoms with Gasteiger partial charge >= 0.3 is 5.97 Å². The van der Waals surface area contributed by atoms with Gasteiger partial charge in [-0.2, -0.15) is 0 Å². The van der Waals surface area contributed by atoms with Crippen molar-refractivity contribution in [3.05, 3.63) is 12.2 Å². The molecule has 0 aliphatic rings. The van der Waals surface area contributed by atoms with Gasteiger partial charge in [-0.05, 0) is 41.5 Å². The molecule has 0 aliphatic carbocycles. The molecule has 0 bridgehead atoms. The van der Waals surface area contributed by atoms with Crippen LogP contribution in [0.4, 0.5) is 0 Å². The van der Waals surface area contributed by atoms with Gasteiger partial charge in [0.15, 0.2) is 0 Å². The fourth-order valence-corrected chi connectivity index (χ4v) is 0.519. The zero-order valence-electron chi connectivity index (χ0n) is 11.8. The molecule has 98 valence electrons. The maximum atomic E-state index is 10.4. The molecular formula is C13H24N2O2. The summed E-state index contributed by atoms with van der Waals surface area (Å²) in [4.78, 5) is 18.3. The smallest absolute Gasteiger partial charge is 0.333 e. The fraction of sp³-hybridized carbons (Fsp3) is 0.692. The highest BCUT2D eigenvalue weighted by Crippen LogP contribution is 1.89. The van der Waals surface area contributed by atoms with Crippen molar-refractivity contribution in [2.45, 2.75) is 53.6 Å². The largest absolute Gasteiger partial charge is 0.463 e. The SMILES string of the molecule is C=C(C)C(=O)OCC.CC(C)N=C=NC(C)C. The van der Waals surface area contributed by atoms with E-state index in [0.717, 1.165) is 0 Å². The van der Waals surface area contributed by atoms with Crippen LogP contribution in [0.5, 0.6) is 0 Å². The third kappa shape index (κ3) is 17.2. The molecule has 0 aromatic carbocycles. The monoisotopic (exact) mass is 240 g/mol. The number of hydrogen-bond donors (Lipinski definition) is 0. The third-order valence-corrected chi connectivity index (χ3v) is 1.26. The molecule has 0 saturated carbocycles. The molecule has 0 heterocycles. The zero-order chi connectivity index (χ0) is 13.8. The highest BCUT2D eigenvalue weighted by Gasteiger charge is 1.98. The number of carbonyl (C=O) groups excluding carboxylic acids is 1. The normalized spacial score (nSPS) is 8.94. The van der Waals surface area contributed by atoms with E-state index in [9.17, 15) is 4.79 Å². The molecule has 0 saturated heterocycles. The van der Waals surface area contributed by atoms with Gasteiger partial charge in [0, 0.05) is 5.57 Å². The maximum absolute atomic E-state index is 10.4. The summed E-state index contributed by atoms with van der Waals surface area (Å²) >= 11 is 0. The molecule has 4 heteroatoms. The predicted molar refractivity (Wildman–Crippen MR) is 71.6 cm³/mol. The van der Waals surface area contributed by atoms with Crippen molar-refractivity contribution in [3.8, 4) is 0 Å². The number of ether oxygens (including phenoxy) is 1. The van der Waals surface area contributed by atoms with E-state index < -0.39 is 0 Å². The average molecular weight is 240 g/mol. The number of carbonyl (C=O) groups is 1. The fourth-order valence-electron chi connectivity index (χ4n) is 0.519. The lowest BCUT2D eigenvalue weighted by Crippen LogP contribution is -2.03. The molecule has 0 rings (SSSR count). The Hall–Kier alpha value is -1.41. The standard InChI is InChI=1S/C7H14N2.C6H10O2/c1-6(2)8-5-9-7(3)4;1-4-8-6(7)5(2)3/h6-7H,1-4H3;2,4H2,1,3H3. The van der Waals surface area contributed by atoms with Gasteiger partial charge in [-0.3, -0.25) is 0 Å². The highest BCUT2D eigenvalue weighted by molar-refractivity contribution is 5.86. The molecule has 0 aromatic rings. The molecule has 0 N–H and O–H groups in total. The first-order valence-electron chi connectivity index (χ1n) is 5.78. The second kappa shape index (κ2) is 11.1. The van der Waals surface area contributed by atoms with Gasteiger partial charge in [0.25, 0.3) is 0 Å². The summed E-state index contributed by atoms with van der Waals surface area (Å²) in [6.07, 6.45) is 0. The summed E-state index contributed by atoms with van der Waals surface area (Å²) in [5, 5.41) is 0. The van der Waals surface area contributed by atoms with Crippen LogP contribution >= 0.6 is 0 Å². The van der Waals surface area contributed by atoms with Crippen molar-refractivity contribution < 1.29 is 9.53 Å². The summed E-state index contributed by atoms with van der Waals surface area (Å²) in [5.41, 5.74) is 0.451. The summed E-state index contributed by atoms with van der Waals surface area (Å²) in [5.74, 6) is -0.312. The van der Waals surface area contributed by atoms with Crippen molar-refractivity contribution in [2.24, 2.45) is 9.98 Å². The van der Waals surface area contributed by atoms with Gasteiger partial charge in [-0.15, -0.1) is 0 Å². The molecule has 0 atom stereocenters. The minimum Gasteiger partial charge on any atom is -0.463 e. The Morgan fingerprint density at radius 2 is 1.65 bits per heavy atom. The summed E-state index contributed by atoms with van der Waals surface area (Å²) < 4.78 is 4.56. The second-order valence-corrected chi connectivity index (χ2v) is 4.05. The summed E-state index contributed by atoms with van der Waals surface area (Å²) in [6.45, 7) is 15.2.